The topological polar surface area (TPSA) is 115 Å². The second kappa shape index (κ2) is 11.9. The number of carbonyl (C=O) groups is 2. The Labute approximate surface area is 221 Å². The van der Waals surface area contributed by atoms with Crippen molar-refractivity contribution in [2.75, 3.05) is 18.9 Å². The summed E-state index contributed by atoms with van der Waals surface area (Å²) < 4.78 is 0. The van der Waals surface area contributed by atoms with Gasteiger partial charge in [-0.25, -0.2) is 4.98 Å². The lowest BCUT2D eigenvalue weighted by Gasteiger charge is -2.28. The zero-order valence-electron chi connectivity index (χ0n) is 21.4. The molecule has 0 aliphatic carbocycles. The molecule has 0 radical (unpaired) electrons. The van der Waals surface area contributed by atoms with Crippen LogP contribution in [0.3, 0.4) is 0 Å². The summed E-state index contributed by atoms with van der Waals surface area (Å²) >= 11 is 1.42. The normalized spacial score (nSPS) is 16.9. The van der Waals surface area contributed by atoms with Crippen LogP contribution in [0.25, 0.3) is 0 Å². The molecule has 0 saturated carbocycles. The Hall–Kier alpha value is -3.27. The number of hydrogen-bond acceptors (Lipinski definition) is 7. The number of aromatic nitrogens is 1. The molecular weight excluding hydrogens is 488 g/mol. The van der Waals surface area contributed by atoms with E-state index in [9.17, 15) is 19.8 Å². The minimum atomic E-state index is -1.87. The molecule has 4 rings (SSSR count). The second-order valence-corrected chi connectivity index (χ2v) is 10.4. The third-order valence-corrected chi connectivity index (χ3v) is 7.83. The van der Waals surface area contributed by atoms with Gasteiger partial charge in [0.1, 0.15) is 5.01 Å². The number of carbonyl (C=O) groups excluding carboxylic acids is 2. The van der Waals surface area contributed by atoms with Crippen molar-refractivity contribution in [1.29, 1.82) is 0 Å². The first-order valence-corrected chi connectivity index (χ1v) is 13.4. The van der Waals surface area contributed by atoms with E-state index in [4.69, 9.17) is 0 Å². The molecule has 1 unspecified atom stereocenters. The van der Waals surface area contributed by atoms with Crippen LogP contribution in [-0.2, 0) is 22.6 Å². The molecule has 1 aromatic heterocycles. The van der Waals surface area contributed by atoms with Gasteiger partial charge in [0.15, 0.2) is 12.2 Å². The summed E-state index contributed by atoms with van der Waals surface area (Å²) in [5.41, 5.74) is 6.43. The van der Waals surface area contributed by atoms with Crippen LogP contribution in [0.4, 0.5) is 5.69 Å². The molecule has 37 heavy (non-hydrogen) atoms. The van der Waals surface area contributed by atoms with Gasteiger partial charge in [0.25, 0.3) is 11.8 Å². The van der Waals surface area contributed by atoms with Gasteiger partial charge in [-0.1, -0.05) is 30.3 Å². The molecule has 2 aromatic carbocycles. The third-order valence-electron chi connectivity index (χ3n) is 6.93. The van der Waals surface area contributed by atoms with Crippen LogP contribution >= 0.6 is 11.3 Å². The Morgan fingerprint density at radius 3 is 2.59 bits per heavy atom. The van der Waals surface area contributed by atoms with Gasteiger partial charge in [-0.05, 0) is 61.1 Å². The summed E-state index contributed by atoms with van der Waals surface area (Å²) in [4.78, 5) is 31.8. The molecule has 9 heteroatoms. The van der Waals surface area contributed by atoms with E-state index in [-0.39, 0.29) is 12.6 Å². The van der Waals surface area contributed by atoms with Gasteiger partial charge in [0, 0.05) is 31.1 Å². The van der Waals surface area contributed by atoms with Crippen molar-refractivity contribution < 1.29 is 19.8 Å². The zero-order valence-corrected chi connectivity index (χ0v) is 22.2. The number of likely N-dealkylation sites (tertiary alicyclic amines) is 1. The average Bonchev–Trinajstić information content (AvgIpc) is 3.58. The Morgan fingerprint density at radius 1 is 1.14 bits per heavy atom. The molecule has 0 spiro atoms. The SMILES string of the molecule is CNc1cccc(C2CCCN2C(=O)[C@H](O)[C@@H](O)C(=O)NCc2nc(Cc3c(C)cccc3C)cs2)c1. The number of amides is 2. The number of aliphatic hydroxyl groups excluding tert-OH is 2. The van der Waals surface area contributed by atoms with Crippen molar-refractivity contribution in [3.8, 4) is 0 Å². The first-order chi connectivity index (χ1) is 17.8. The molecule has 3 atom stereocenters. The Bertz CT molecular complexity index is 1240. The maximum absolute atomic E-state index is 13.0. The van der Waals surface area contributed by atoms with Crippen molar-refractivity contribution in [3.63, 3.8) is 0 Å². The molecule has 1 fully saturated rings. The summed E-state index contributed by atoms with van der Waals surface area (Å²) in [7, 11) is 1.83. The number of aliphatic hydroxyl groups is 2. The van der Waals surface area contributed by atoms with Gasteiger partial charge >= 0.3 is 0 Å². The van der Waals surface area contributed by atoms with Crippen LogP contribution in [0.1, 0.15) is 51.8 Å². The predicted octanol–water partition coefficient (Wildman–Crippen LogP) is 3.09. The number of thiazole rings is 1. The van der Waals surface area contributed by atoms with E-state index in [0.717, 1.165) is 29.8 Å². The molecule has 8 nitrogen and oxygen atoms in total. The van der Waals surface area contributed by atoms with Crippen molar-refractivity contribution in [1.82, 2.24) is 15.2 Å². The number of aryl methyl sites for hydroxylation is 2. The Balaban J connectivity index is 1.34. The van der Waals surface area contributed by atoms with E-state index in [0.29, 0.717) is 18.0 Å². The largest absolute Gasteiger partial charge is 0.388 e. The third kappa shape index (κ3) is 6.18. The van der Waals surface area contributed by atoms with Gasteiger partial charge in [0.2, 0.25) is 0 Å². The van der Waals surface area contributed by atoms with E-state index < -0.39 is 24.0 Å². The summed E-state index contributed by atoms with van der Waals surface area (Å²) in [5, 5.41) is 29.4. The molecule has 3 aromatic rings. The molecule has 196 valence electrons. The minimum Gasteiger partial charge on any atom is -0.388 e. The maximum Gasteiger partial charge on any atom is 0.255 e. The lowest BCUT2D eigenvalue weighted by Crippen LogP contribution is -2.50. The molecular formula is C28H34N4O4S. The Kier molecular flexibility index (Phi) is 8.58. The van der Waals surface area contributed by atoms with Crippen molar-refractivity contribution in [2.24, 2.45) is 0 Å². The fraction of sp³-hybridized carbons (Fsp3) is 0.393. The standard InChI is InChI=1S/C28H34N4O4S/c1-17-7-4-8-18(2)22(17)14-21-16-37-24(31-21)15-30-27(35)25(33)26(34)28(36)32-12-6-11-23(32)19-9-5-10-20(13-19)29-3/h4-5,7-10,13,16,23,25-26,29,33-34H,6,11-12,14-15H2,1-3H3,(H,30,35)/t23?,25-,26-/m1/s1. The quantitative estimate of drug-likeness (QED) is 0.343. The summed E-state index contributed by atoms with van der Waals surface area (Å²) in [6, 6.07) is 13.7. The summed E-state index contributed by atoms with van der Waals surface area (Å²) in [5.74, 6) is -1.45. The monoisotopic (exact) mass is 522 g/mol. The van der Waals surface area contributed by atoms with Crippen LogP contribution in [-0.4, -0.2) is 57.7 Å². The maximum atomic E-state index is 13.0. The first-order valence-electron chi connectivity index (χ1n) is 12.5. The van der Waals surface area contributed by atoms with Gasteiger partial charge in [-0.3, -0.25) is 9.59 Å². The molecule has 2 amide bonds. The number of rotatable bonds is 9. The van der Waals surface area contributed by atoms with Gasteiger partial charge in [-0.15, -0.1) is 11.3 Å². The fourth-order valence-electron chi connectivity index (χ4n) is 4.81. The summed E-state index contributed by atoms with van der Waals surface area (Å²) in [6.45, 7) is 4.72. The molecule has 2 heterocycles. The van der Waals surface area contributed by atoms with E-state index >= 15 is 0 Å². The number of nitrogens with one attached hydrogen (secondary N) is 2. The highest BCUT2D eigenvalue weighted by molar-refractivity contribution is 7.09. The minimum absolute atomic E-state index is 0.109. The Morgan fingerprint density at radius 2 is 1.86 bits per heavy atom. The van der Waals surface area contributed by atoms with Crippen LogP contribution < -0.4 is 10.6 Å². The van der Waals surface area contributed by atoms with Crippen molar-refractivity contribution >= 4 is 28.8 Å². The van der Waals surface area contributed by atoms with Crippen molar-refractivity contribution in [2.45, 2.75) is 57.9 Å². The molecule has 4 N–H and O–H groups in total. The van der Waals surface area contributed by atoms with Crippen LogP contribution in [0.2, 0.25) is 0 Å². The van der Waals surface area contributed by atoms with E-state index in [2.05, 4.69) is 41.6 Å². The van der Waals surface area contributed by atoms with Gasteiger partial charge in [-0.2, -0.15) is 0 Å². The van der Waals surface area contributed by atoms with Gasteiger partial charge in [0.05, 0.1) is 18.3 Å². The van der Waals surface area contributed by atoms with Crippen molar-refractivity contribution in [3.05, 3.63) is 80.8 Å². The predicted molar refractivity (Wildman–Crippen MR) is 144 cm³/mol. The van der Waals surface area contributed by atoms with Crippen LogP contribution in [0.15, 0.2) is 47.8 Å². The highest BCUT2D eigenvalue weighted by Crippen LogP contribution is 2.33. The lowest BCUT2D eigenvalue weighted by atomic mass is 9.99. The first kappa shape index (κ1) is 26.8. The van der Waals surface area contributed by atoms with Gasteiger partial charge < -0.3 is 25.7 Å². The molecule has 0 bridgehead atoms. The van der Waals surface area contributed by atoms with E-state index in [1.807, 2.05) is 42.8 Å². The highest BCUT2D eigenvalue weighted by atomic mass is 32.1. The second-order valence-electron chi connectivity index (χ2n) is 9.45. The van der Waals surface area contributed by atoms with Crippen LogP contribution in [0.5, 0.6) is 0 Å². The van der Waals surface area contributed by atoms with E-state index in [1.165, 1.54) is 28.0 Å². The smallest absolute Gasteiger partial charge is 0.255 e. The number of nitrogens with zero attached hydrogens (tertiary/aromatic N) is 2. The molecule has 1 saturated heterocycles. The van der Waals surface area contributed by atoms with Crippen LogP contribution in [0, 0.1) is 13.8 Å². The zero-order chi connectivity index (χ0) is 26.5. The number of anilines is 1. The van der Waals surface area contributed by atoms with E-state index in [1.54, 1.807) is 4.90 Å². The summed E-state index contributed by atoms with van der Waals surface area (Å²) in [6.07, 6.45) is -1.48. The lowest BCUT2D eigenvalue weighted by molar-refractivity contribution is -0.153. The highest BCUT2D eigenvalue weighted by Gasteiger charge is 2.38. The number of hydrogen-bond donors (Lipinski definition) is 4. The average molecular weight is 523 g/mol. The fourth-order valence-corrected chi connectivity index (χ4v) is 5.55. The molecule has 1 aliphatic heterocycles. The molecule has 1 aliphatic rings. The number of benzene rings is 2.